The lowest BCUT2D eigenvalue weighted by molar-refractivity contribution is 0.0470. The van der Waals surface area contributed by atoms with Crippen molar-refractivity contribution in [1.29, 1.82) is 0 Å². The molecule has 1 aromatic carbocycles. The quantitative estimate of drug-likeness (QED) is 0.696. The molecule has 1 fully saturated rings. The van der Waals surface area contributed by atoms with Crippen molar-refractivity contribution in [3.8, 4) is 5.75 Å². The summed E-state index contributed by atoms with van der Waals surface area (Å²) in [5.74, 6) is 0.739. The van der Waals surface area contributed by atoms with Crippen molar-refractivity contribution in [1.82, 2.24) is 10.2 Å². The van der Waals surface area contributed by atoms with Gasteiger partial charge in [-0.25, -0.2) is 4.79 Å². The normalized spacial score (nSPS) is 18.3. The molecule has 1 amide bonds. The minimum Gasteiger partial charge on any atom is -0.494 e. The molecule has 26 heavy (non-hydrogen) atoms. The molecule has 7 nitrogen and oxygen atoms in total. The second-order valence-corrected chi connectivity index (χ2v) is 7.73. The highest BCUT2D eigenvalue weighted by Crippen LogP contribution is 2.32. The van der Waals surface area contributed by atoms with Gasteiger partial charge in [0.2, 0.25) is 0 Å². The Morgan fingerprint density at radius 2 is 2.12 bits per heavy atom. The summed E-state index contributed by atoms with van der Waals surface area (Å²) in [6.07, 6.45) is 1.63. The van der Waals surface area contributed by atoms with E-state index in [2.05, 4.69) is 15.5 Å². The van der Waals surface area contributed by atoms with Crippen LogP contribution in [0.2, 0.25) is 0 Å². The number of hydrogen-bond acceptors (Lipinski definition) is 6. The monoisotopic (exact) mass is 364 g/mol. The van der Waals surface area contributed by atoms with E-state index in [4.69, 9.17) is 15.2 Å². The van der Waals surface area contributed by atoms with Crippen LogP contribution in [0.4, 0.5) is 16.2 Å². The fourth-order valence-electron chi connectivity index (χ4n) is 3.27. The van der Waals surface area contributed by atoms with Crippen LogP contribution in [0, 0.1) is 0 Å². The first-order valence-electron chi connectivity index (χ1n) is 9.08. The van der Waals surface area contributed by atoms with E-state index in [-0.39, 0.29) is 12.1 Å². The molecule has 0 unspecified atom stereocenters. The van der Waals surface area contributed by atoms with Gasteiger partial charge in [-0.3, -0.25) is 4.90 Å². The molecular weight excluding hydrogens is 332 g/mol. The molecule has 0 bridgehead atoms. The number of alkyl carbamates (subject to hydrolysis) is 1. The molecule has 1 aromatic rings. The Bertz CT molecular complexity index is 628. The van der Waals surface area contributed by atoms with Gasteiger partial charge >= 0.3 is 6.09 Å². The number of methoxy groups -OCH3 is 1. The molecule has 1 atom stereocenters. The number of anilines is 2. The third kappa shape index (κ3) is 5.69. The zero-order chi connectivity index (χ0) is 19.3. The summed E-state index contributed by atoms with van der Waals surface area (Å²) >= 11 is 0. The van der Waals surface area contributed by atoms with E-state index in [1.54, 1.807) is 7.11 Å². The van der Waals surface area contributed by atoms with E-state index in [0.29, 0.717) is 5.69 Å². The summed E-state index contributed by atoms with van der Waals surface area (Å²) in [4.78, 5) is 14.3. The van der Waals surface area contributed by atoms with E-state index >= 15 is 0 Å². The fraction of sp³-hybridized carbons (Fsp3) is 0.632. The molecule has 0 spiro atoms. The van der Waals surface area contributed by atoms with E-state index in [1.165, 1.54) is 0 Å². The SMILES string of the molecule is CNc1c(N)cc(CN2CCC[C@@H](NC(=O)OC(C)(C)C)C2)cc1OC. The van der Waals surface area contributed by atoms with Crippen LogP contribution in [-0.2, 0) is 11.3 Å². The number of nitrogens with two attached hydrogens (primary N) is 1. The van der Waals surface area contributed by atoms with Crippen LogP contribution in [-0.4, -0.2) is 49.9 Å². The van der Waals surface area contributed by atoms with Gasteiger partial charge in [-0.15, -0.1) is 0 Å². The predicted octanol–water partition coefficient (Wildman–Crippen LogP) is 2.81. The van der Waals surface area contributed by atoms with Gasteiger partial charge in [0.15, 0.2) is 0 Å². The number of nitrogen functional groups attached to an aromatic ring is 1. The minimum atomic E-state index is -0.485. The highest BCUT2D eigenvalue weighted by atomic mass is 16.6. The summed E-state index contributed by atoms with van der Waals surface area (Å²) in [5.41, 5.74) is 8.21. The van der Waals surface area contributed by atoms with Crippen molar-refractivity contribution in [3.05, 3.63) is 17.7 Å². The van der Waals surface area contributed by atoms with Gasteiger partial charge < -0.3 is 25.8 Å². The van der Waals surface area contributed by atoms with E-state index in [0.717, 1.165) is 49.5 Å². The number of piperidine rings is 1. The number of carbonyl (C=O) groups excluding carboxylic acids is 1. The van der Waals surface area contributed by atoms with Crippen molar-refractivity contribution in [2.75, 3.05) is 38.3 Å². The third-order valence-corrected chi connectivity index (χ3v) is 4.29. The van der Waals surface area contributed by atoms with Crippen LogP contribution in [0.5, 0.6) is 5.75 Å². The lowest BCUT2D eigenvalue weighted by Gasteiger charge is -2.33. The van der Waals surface area contributed by atoms with Crippen molar-refractivity contribution >= 4 is 17.5 Å². The fourth-order valence-corrected chi connectivity index (χ4v) is 3.27. The third-order valence-electron chi connectivity index (χ3n) is 4.29. The summed E-state index contributed by atoms with van der Waals surface area (Å²) in [6, 6.07) is 4.07. The number of amides is 1. The van der Waals surface area contributed by atoms with E-state index in [9.17, 15) is 4.79 Å². The molecule has 2 rings (SSSR count). The van der Waals surface area contributed by atoms with Crippen LogP contribution in [0.3, 0.4) is 0 Å². The number of benzene rings is 1. The average Bonchev–Trinajstić information content (AvgIpc) is 2.52. The Morgan fingerprint density at radius 1 is 1.38 bits per heavy atom. The molecule has 0 aliphatic carbocycles. The minimum absolute atomic E-state index is 0.0921. The molecule has 1 aliphatic rings. The van der Waals surface area contributed by atoms with E-state index in [1.807, 2.05) is 40.0 Å². The Hall–Kier alpha value is -2.15. The Labute approximate surface area is 156 Å². The van der Waals surface area contributed by atoms with Crippen LogP contribution in [0.1, 0.15) is 39.2 Å². The highest BCUT2D eigenvalue weighted by molar-refractivity contribution is 5.74. The zero-order valence-electron chi connectivity index (χ0n) is 16.5. The summed E-state index contributed by atoms with van der Waals surface area (Å²) in [7, 11) is 3.46. The maximum absolute atomic E-state index is 12.0. The first-order chi connectivity index (χ1) is 12.2. The second kappa shape index (κ2) is 8.49. The molecule has 146 valence electrons. The molecule has 0 radical (unpaired) electrons. The molecule has 0 aromatic heterocycles. The molecule has 0 saturated carbocycles. The average molecular weight is 364 g/mol. The lowest BCUT2D eigenvalue weighted by atomic mass is 10.0. The van der Waals surface area contributed by atoms with Crippen molar-refractivity contribution < 1.29 is 14.3 Å². The van der Waals surface area contributed by atoms with Crippen molar-refractivity contribution in [2.45, 2.75) is 51.8 Å². The summed E-state index contributed by atoms with van der Waals surface area (Å²) in [6.45, 7) is 8.14. The number of likely N-dealkylation sites (tertiary alicyclic amines) is 1. The Kier molecular flexibility index (Phi) is 6.58. The largest absolute Gasteiger partial charge is 0.494 e. The van der Waals surface area contributed by atoms with Gasteiger partial charge in [-0.05, 0) is 57.9 Å². The Morgan fingerprint density at radius 3 is 2.73 bits per heavy atom. The van der Waals surface area contributed by atoms with Crippen LogP contribution in [0.25, 0.3) is 0 Å². The predicted molar refractivity (Wildman–Crippen MR) is 105 cm³/mol. The van der Waals surface area contributed by atoms with Gasteiger partial charge in [-0.2, -0.15) is 0 Å². The Balaban J connectivity index is 1.98. The first kappa shape index (κ1) is 20.2. The molecule has 1 aliphatic heterocycles. The van der Waals surface area contributed by atoms with Gasteiger partial charge in [0.1, 0.15) is 11.4 Å². The molecule has 1 saturated heterocycles. The number of ether oxygens (including phenoxy) is 2. The maximum atomic E-state index is 12.0. The van der Waals surface area contributed by atoms with E-state index < -0.39 is 5.60 Å². The van der Waals surface area contributed by atoms with Crippen molar-refractivity contribution in [2.24, 2.45) is 0 Å². The van der Waals surface area contributed by atoms with Crippen LogP contribution < -0.4 is 21.1 Å². The molecule has 4 N–H and O–H groups in total. The van der Waals surface area contributed by atoms with Crippen LogP contribution in [0.15, 0.2) is 12.1 Å². The maximum Gasteiger partial charge on any atom is 0.407 e. The standard InChI is InChI=1S/C19H32N4O3/c1-19(2,3)26-18(24)22-14-7-6-8-23(12-14)11-13-9-15(20)17(21-4)16(10-13)25-5/h9-10,14,21H,6-8,11-12,20H2,1-5H3,(H,22,24)/t14-/m1/s1. The summed E-state index contributed by atoms with van der Waals surface area (Å²) < 4.78 is 10.8. The lowest BCUT2D eigenvalue weighted by Crippen LogP contribution is -2.48. The first-order valence-corrected chi connectivity index (χ1v) is 9.08. The number of hydrogen-bond donors (Lipinski definition) is 3. The number of carbonyl (C=O) groups is 1. The van der Waals surface area contributed by atoms with Gasteiger partial charge in [0, 0.05) is 26.2 Å². The number of nitrogens with one attached hydrogen (secondary N) is 2. The van der Waals surface area contributed by atoms with Crippen LogP contribution >= 0.6 is 0 Å². The second-order valence-electron chi connectivity index (χ2n) is 7.73. The van der Waals surface area contributed by atoms with Gasteiger partial charge in [0.25, 0.3) is 0 Å². The van der Waals surface area contributed by atoms with Gasteiger partial charge in [-0.1, -0.05) is 0 Å². The number of rotatable bonds is 5. The smallest absolute Gasteiger partial charge is 0.407 e. The molecular formula is C19H32N4O3. The van der Waals surface area contributed by atoms with Gasteiger partial charge in [0.05, 0.1) is 18.5 Å². The molecule has 1 heterocycles. The number of nitrogens with zero attached hydrogens (tertiary/aromatic N) is 1. The molecule has 7 heteroatoms. The zero-order valence-corrected chi connectivity index (χ0v) is 16.5. The highest BCUT2D eigenvalue weighted by Gasteiger charge is 2.24. The van der Waals surface area contributed by atoms with Crippen molar-refractivity contribution in [3.63, 3.8) is 0 Å². The summed E-state index contributed by atoms with van der Waals surface area (Å²) in [5, 5.41) is 6.05. The topological polar surface area (TPSA) is 88.9 Å².